The second-order valence-corrected chi connectivity index (χ2v) is 5.84. The Hall–Kier alpha value is -3.28. The Balaban J connectivity index is 1.49. The summed E-state index contributed by atoms with van der Waals surface area (Å²) in [5.41, 5.74) is 0.482. The number of ether oxygens (including phenoxy) is 1. The summed E-state index contributed by atoms with van der Waals surface area (Å²) in [6.45, 7) is -0.646. The molecule has 0 aliphatic carbocycles. The van der Waals surface area contributed by atoms with Gasteiger partial charge in [-0.15, -0.1) is 0 Å². The third-order valence-electron chi connectivity index (χ3n) is 3.89. The fourth-order valence-corrected chi connectivity index (χ4v) is 2.50. The lowest BCUT2D eigenvalue weighted by atomic mass is 10.1. The molecule has 0 aliphatic rings. The van der Waals surface area contributed by atoms with Gasteiger partial charge in [0.1, 0.15) is 23.2 Å². The van der Waals surface area contributed by atoms with E-state index in [0.717, 1.165) is 23.8 Å². The van der Waals surface area contributed by atoms with Crippen LogP contribution in [0.4, 0.5) is 8.78 Å². The molecule has 2 aromatic carbocycles. The molecule has 0 spiro atoms. The molecule has 0 saturated carbocycles. The Kier molecular flexibility index (Phi) is 5.76. The van der Waals surface area contributed by atoms with Gasteiger partial charge in [-0.25, -0.2) is 8.78 Å². The van der Waals surface area contributed by atoms with Gasteiger partial charge in [-0.3, -0.25) is 9.59 Å². The van der Waals surface area contributed by atoms with Crippen molar-refractivity contribution in [3.8, 4) is 11.3 Å². The zero-order valence-electron chi connectivity index (χ0n) is 14.3. The maximum Gasteiger partial charge on any atom is 0.306 e. The Morgan fingerprint density at radius 3 is 2.52 bits per heavy atom. The molecule has 0 saturated heterocycles. The van der Waals surface area contributed by atoms with Crippen LogP contribution in [-0.4, -0.2) is 18.4 Å². The second-order valence-electron chi connectivity index (χ2n) is 5.84. The highest BCUT2D eigenvalue weighted by Gasteiger charge is 2.15. The highest BCUT2D eigenvalue weighted by Crippen LogP contribution is 2.22. The Morgan fingerprint density at radius 1 is 0.963 bits per heavy atom. The van der Waals surface area contributed by atoms with Crippen LogP contribution in [0.5, 0.6) is 0 Å². The van der Waals surface area contributed by atoms with E-state index in [1.807, 2.05) is 36.4 Å². The summed E-state index contributed by atoms with van der Waals surface area (Å²) in [5, 5.41) is 0. The van der Waals surface area contributed by atoms with Crippen LogP contribution >= 0.6 is 0 Å². The highest BCUT2D eigenvalue weighted by atomic mass is 19.1. The van der Waals surface area contributed by atoms with Gasteiger partial charge in [0.25, 0.3) is 0 Å². The lowest BCUT2D eigenvalue weighted by Gasteiger charge is -2.05. The maximum atomic E-state index is 13.5. The topological polar surface area (TPSA) is 56.5 Å². The van der Waals surface area contributed by atoms with Crippen LogP contribution in [0, 0.1) is 11.6 Å². The molecule has 6 heteroatoms. The number of carbonyl (C=O) groups excluding carboxylic acids is 2. The van der Waals surface area contributed by atoms with Crippen molar-refractivity contribution in [1.82, 2.24) is 0 Å². The molecule has 3 rings (SSSR count). The average Bonchev–Trinajstić information content (AvgIpc) is 3.16. The van der Waals surface area contributed by atoms with Gasteiger partial charge in [0, 0.05) is 12.0 Å². The summed E-state index contributed by atoms with van der Waals surface area (Å²) in [7, 11) is 0. The summed E-state index contributed by atoms with van der Waals surface area (Å²) in [4.78, 5) is 23.7. The number of aryl methyl sites for hydroxylation is 1. The number of benzene rings is 2. The standard InChI is InChI=1S/C21H16F2O4/c22-15-6-9-18(23)17(12-15)19(24)13-26-21(25)11-8-16-7-10-20(27-16)14-4-2-1-3-5-14/h1-7,9-10,12H,8,11,13H2. The van der Waals surface area contributed by atoms with Crippen LogP contribution in [-0.2, 0) is 16.0 Å². The lowest BCUT2D eigenvalue weighted by molar-refractivity contribution is -0.142. The minimum atomic E-state index is -0.860. The fraction of sp³-hybridized carbons (Fsp3) is 0.143. The molecule has 0 amide bonds. The van der Waals surface area contributed by atoms with E-state index in [2.05, 4.69) is 0 Å². The van der Waals surface area contributed by atoms with Crippen LogP contribution in [0.25, 0.3) is 11.3 Å². The van der Waals surface area contributed by atoms with Crippen LogP contribution in [0.2, 0.25) is 0 Å². The van der Waals surface area contributed by atoms with Crippen molar-refractivity contribution in [2.75, 3.05) is 6.61 Å². The Morgan fingerprint density at radius 2 is 1.74 bits per heavy atom. The molecule has 0 atom stereocenters. The number of halogens is 2. The summed E-state index contributed by atoms with van der Waals surface area (Å²) >= 11 is 0. The fourth-order valence-electron chi connectivity index (χ4n) is 2.50. The highest BCUT2D eigenvalue weighted by molar-refractivity contribution is 5.98. The van der Waals surface area contributed by atoms with Crippen molar-refractivity contribution in [2.24, 2.45) is 0 Å². The molecule has 4 nitrogen and oxygen atoms in total. The number of furan rings is 1. The third-order valence-corrected chi connectivity index (χ3v) is 3.89. The Bertz CT molecular complexity index is 948. The number of hydrogen-bond donors (Lipinski definition) is 0. The van der Waals surface area contributed by atoms with E-state index in [-0.39, 0.29) is 6.42 Å². The minimum absolute atomic E-state index is 0.000651. The van der Waals surface area contributed by atoms with Crippen LogP contribution in [0.1, 0.15) is 22.5 Å². The van der Waals surface area contributed by atoms with Gasteiger partial charge in [-0.05, 0) is 30.3 Å². The minimum Gasteiger partial charge on any atom is -0.461 e. The largest absolute Gasteiger partial charge is 0.461 e. The molecule has 0 radical (unpaired) electrons. The number of esters is 1. The van der Waals surface area contributed by atoms with Crippen LogP contribution in [0.3, 0.4) is 0 Å². The number of Topliss-reactive ketones (excluding diaryl/α,β-unsaturated/α-hetero) is 1. The van der Waals surface area contributed by atoms with Gasteiger partial charge in [-0.1, -0.05) is 30.3 Å². The van der Waals surface area contributed by atoms with Crippen molar-refractivity contribution >= 4 is 11.8 Å². The SMILES string of the molecule is O=C(CCc1ccc(-c2ccccc2)o1)OCC(=O)c1cc(F)ccc1F. The molecule has 138 valence electrons. The van der Waals surface area contributed by atoms with Gasteiger partial charge in [0.05, 0.1) is 12.0 Å². The van der Waals surface area contributed by atoms with E-state index in [0.29, 0.717) is 17.9 Å². The van der Waals surface area contributed by atoms with Gasteiger partial charge >= 0.3 is 5.97 Å². The van der Waals surface area contributed by atoms with Gasteiger partial charge in [0.2, 0.25) is 5.78 Å². The van der Waals surface area contributed by atoms with Gasteiger partial charge in [-0.2, -0.15) is 0 Å². The van der Waals surface area contributed by atoms with Crippen molar-refractivity contribution in [1.29, 1.82) is 0 Å². The number of carbonyl (C=O) groups is 2. The monoisotopic (exact) mass is 370 g/mol. The van der Waals surface area contributed by atoms with Crippen molar-refractivity contribution in [3.05, 3.63) is 83.6 Å². The predicted molar refractivity (Wildman–Crippen MR) is 94.1 cm³/mol. The van der Waals surface area contributed by atoms with Crippen molar-refractivity contribution in [2.45, 2.75) is 12.8 Å². The smallest absolute Gasteiger partial charge is 0.306 e. The van der Waals surface area contributed by atoms with Crippen LogP contribution < -0.4 is 0 Å². The molecule has 0 bridgehead atoms. The van der Waals surface area contributed by atoms with E-state index in [1.54, 1.807) is 6.07 Å². The van der Waals surface area contributed by atoms with Crippen LogP contribution in [0.15, 0.2) is 65.1 Å². The summed E-state index contributed by atoms with van der Waals surface area (Å²) in [5.74, 6) is -1.73. The molecular formula is C21H16F2O4. The molecule has 1 heterocycles. The van der Waals surface area contributed by atoms with E-state index in [9.17, 15) is 18.4 Å². The van der Waals surface area contributed by atoms with E-state index in [1.165, 1.54) is 0 Å². The molecule has 0 fully saturated rings. The van der Waals surface area contributed by atoms with E-state index >= 15 is 0 Å². The van der Waals surface area contributed by atoms with Gasteiger partial charge in [0.15, 0.2) is 6.61 Å². The zero-order chi connectivity index (χ0) is 19.2. The van der Waals surface area contributed by atoms with Crippen molar-refractivity contribution in [3.63, 3.8) is 0 Å². The van der Waals surface area contributed by atoms with Gasteiger partial charge < -0.3 is 9.15 Å². The maximum absolute atomic E-state index is 13.5. The molecule has 1 aromatic heterocycles. The normalized spacial score (nSPS) is 10.6. The third kappa shape index (κ3) is 4.88. The quantitative estimate of drug-likeness (QED) is 0.451. The number of hydrogen-bond acceptors (Lipinski definition) is 4. The van der Waals surface area contributed by atoms with E-state index < -0.39 is 35.6 Å². The van der Waals surface area contributed by atoms with E-state index in [4.69, 9.17) is 9.15 Å². The first kappa shape index (κ1) is 18.5. The summed E-state index contributed by atoms with van der Waals surface area (Å²) in [6.07, 6.45) is 0.300. The number of rotatable bonds is 7. The molecule has 27 heavy (non-hydrogen) atoms. The molecule has 3 aromatic rings. The first-order valence-electron chi connectivity index (χ1n) is 8.31. The molecular weight excluding hydrogens is 354 g/mol. The lowest BCUT2D eigenvalue weighted by Crippen LogP contribution is -2.15. The molecule has 0 unspecified atom stereocenters. The summed E-state index contributed by atoms with van der Waals surface area (Å²) < 4.78 is 37.1. The zero-order valence-corrected chi connectivity index (χ0v) is 14.3. The Labute approximate surface area is 154 Å². The second kappa shape index (κ2) is 8.40. The predicted octanol–water partition coefficient (Wildman–Crippen LogP) is 4.58. The molecule has 0 aliphatic heterocycles. The average molecular weight is 370 g/mol. The molecule has 0 N–H and O–H groups in total. The first-order valence-corrected chi connectivity index (χ1v) is 8.31. The number of ketones is 1. The van der Waals surface area contributed by atoms with Crippen molar-refractivity contribution < 1.29 is 27.5 Å². The summed E-state index contributed by atoms with van der Waals surface area (Å²) in [6, 6.07) is 15.6. The first-order chi connectivity index (χ1) is 13.0.